The van der Waals surface area contributed by atoms with Crippen LogP contribution < -0.4 is 20.9 Å². The van der Waals surface area contributed by atoms with Crippen LogP contribution in [0.15, 0.2) is 36.7 Å². The first-order valence-electron chi connectivity index (χ1n) is 11.3. The standard InChI is InChI=1S/C17H20FN7O3.C5H11N/c1-24(16(26)22-13-4-2-3-7-19-13)12-10-25(9-6-11(12)18)15-20-8-5-14(21-15)23-17(27)28;1-2-4-6-5-3-1/h2-5,7-8,11-12H,6,9-10H2,1H3,(H,27,28)(H,19,22,26)(H,20,21,23);6H,1-5H2. The summed E-state index contributed by atoms with van der Waals surface area (Å²) in [4.78, 5) is 38.5. The third-order valence-corrected chi connectivity index (χ3v) is 5.59. The second-order valence-corrected chi connectivity index (χ2v) is 8.06. The lowest BCUT2D eigenvalue weighted by Gasteiger charge is -2.39. The zero-order chi connectivity index (χ0) is 24.3. The van der Waals surface area contributed by atoms with Crippen LogP contribution in [0.3, 0.4) is 0 Å². The van der Waals surface area contributed by atoms with Gasteiger partial charge in [-0.3, -0.25) is 10.6 Å². The number of nitrogens with zero attached hydrogens (tertiary/aromatic N) is 5. The van der Waals surface area contributed by atoms with Crippen molar-refractivity contribution in [2.45, 2.75) is 37.9 Å². The number of hydrogen-bond donors (Lipinski definition) is 4. The van der Waals surface area contributed by atoms with Gasteiger partial charge in [-0.05, 0) is 50.6 Å². The molecule has 4 N–H and O–H groups in total. The normalized spacial score (nSPS) is 19.9. The molecule has 12 heteroatoms. The number of likely N-dealkylation sites (N-methyl/N-ethyl adjacent to an activating group) is 1. The summed E-state index contributed by atoms with van der Waals surface area (Å²) >= 11 is 0. The van der Waals surface area contributed by atoms with Crippen molar-refractivity contribution in [3.8, 4) is 0 Å². The van der Waals surface area contributed by atoms with Crippen LogP contribution in [0.1, 0.15) is 25.7 Å². The molecular weight excluding hydrogens is 443 g/mol. The van der Waals surface area contributed by atoms with E-state index in [0.717, 1.165) is 0 Å². The van der Waals surface area contributed by atoms with Crippen LogP contribution in [0.4, 0.5) is 31.6 Å². The molecule has 2 saturated heterocycles. The largest absolute Gasteiger partial charge is 0.465 e. The van der Waals surface area contributed by atoms with E-state index in [1.54, 1.807) is 29.3 Å². The zero-order valence-electron chi connectivity index (χ0n) is 19.2. The van der Waals surface area contributed by atoms with Crippen LogP contribution in [0.25, 0.3) is 0 Å². The number of carbonyl (C=O) groups excluding carboxylic acids is 1. The van der Waals surface area contributed by atoms with E-state index in [4.69, 9.17) is 5.11 Å². The van der Waals surface area contributed by atoms with Gasteiger partial charge in [0.1, 0.15) is 17.8 Å². The number of urea groups is 1. The number of pyridine rings is 1. The van der Waals surface area contributed by atoms with E-state index in [-0.39, 0.29) is 24.7 Å². The van der Waals surface area contributed by atoms with Crippen LogP contribution in [0, 0.1) is 0 Å². The summed E-state index contributed by atoms with van der Waals surface area (Å²) in [5.41, 5.74) is 0. The number of carboxylic acid groups (broad SMARTS) is 1. The molecule has 2 atom stereocenters. The van der Waals surface area contributed by atoms with Crippen LogP contribution in [0.2, 0.25) is 0 Å². The summed E-state index contributed by atoms with van der Waals surface area (Å²) in [5.74, 6) is 0.762. The van der Waals surface area contributed by atoms with Gasteiger partial charge in [-0.1, -0.05) is 12.5 Å². The molecule has 11 nitrogen and oxygen atoms in total. The number of alkyl halides is 1. The SMILES string of the molecule is C1CCNCC1.CN(C(=O)Nc1ccccn1)C1CN(c2nccc(NC(=O)O)n2)CCC1F. The minimum Gasteiger partial charge on any atom is -0.465 e. The maximum Gasteiger partial charge on any atom is 0.410 e. The molecule has 2 aromatic heterocycles. The topological polar surface area (TPSA) is 136 Å². The van der Waals surface area contributed by atoms with E-state index in [0.29, 0.717) is 12.4 Å². The molecule has 0 aliphatic carbocycles. The average Bonchev–Trinajstić information content (AvgIpc) is 2.86. The molecule has 0 saturated carbocycles. The van der Waals surface area contributed by atoms with E-state index in [2.05, 4.69) is 30.9 Å². The predicted octanol–water partition coefficient (Wildman–Crippen LogP) is 2.80. The first-order valence-corrected chi connectivity index (χ1v) is 11.3. The van der Waals surface area contributed by atoms with Crippen LogP contribution in [-0.2, 0) is 0 Å². The molecule has 3 amide bonds. The minimum atomic E-state index is -1.24. The average molecular weight is 475 g/mol. The van der Waals surface area contributed by atoms with Crippen molar-refractivity contribution in [2.24, 2.45) is 0 Å². The molecule has 4 rings (SSSR count). The lowest BCUT2D eigenvalue weighted by Crippen LogP contribution is -2.55. The number of carbonyl (C=O) groups is 2. The maximum absolute atomic E-state index is 14.5. The van der Waals surface area contributed by atoms with Gasteiger partial charge in [-0.2, -0.15) is 4.98 Å². The van der Waals surface area contributed by atoms with E-state index in [1.807, 2.05) is 0 Å². The second-order valence-electron chi connectivity index (χ2n) is 8.06. The highest BCUT2D eigenvalue weighted by Crippen LogP contribution is 2.23. The van der Waals surface area contributed by atoms with Gasteiger partial charge in [0.05, 0.1) is 6.04 Å². The lowest BCUT2D eigenvalue weighted by atomic mass is 10.0. The summed E-state index contributed by atoms with van der Waals surface area (Å²) in [6.45, 7) is 3.02. The Morgan fingerprint density at radius 2 is 1.91 bits per heavy atom. The number of anilines is 3. The predicted molar refractivity (Wildman–Crippen MR) is 127 cm³/mol. The van der Waals surface area contributed by atoms with Crippen LogP contribution in [-0.4, -0.2) is 82.5 Å². The Kier molecular flexibility index (Phi) is 9.32. The van der Waals surface area contributed by atoms with E-state index >= 15 is 0 Å². The molecule has 2 aliphatic rings. The fourth-order valence-corrected chi connectivity index (χ4v) is 3.72. The molecule has 2 aromatic rings. The van der Waals surface area contributed by atoms with Crippen molar-refractivity contribution >= 4 is 29.7 Å². The Hall–Kier alpha value is -3.54. The second kappa shape index (κ2) is 12.6. The zero-order valence-corrected chi connectivity index (χ0v) is 19.2. The Bertz CT molecular complexity index is 920. The Labute approximate surface area is 197 Å². The first-order chi connectivity index (χ1) is 16.4. The molecular formula is C22H31FN8O3. The number of halogens is 1. The van der Waals surface area contributed by atoms with Gasteiger partial charge in [0, 0.05) is 32.5 Å². The lowest BCUT2D eigenvalue weighted by molar-refractivity contribution is 0.133. The summed E-state index contributed by atoms with van der Waals surface area (Å²) in [7, 11) is 1.52. The summed E-state index contributed by atoms with van der Waals surface area (Å²) in [6, 6.07) is 5.32. The minimum absolute atomic E-state index is 0.123. The fraction of sp³-hybridized carbons (Fsp3) is 0.500. The summed E-state index contributed by atoms with van der Waals surface area (Å²) in [6.07, 6.45) is 4.92. The van der Waals surface area contributed by atoms with Gasteiger partial charge in [0.25, 0.3) is 0 Å². The number of amides is 3. The van der Waals surface area contributed by atoms with Crippen molar-refractivity contribution in [3.63, 3.8) is 0 Å². The van der Waals surface area contributed by atoms with Crippen molar-refractivity contribution in [2.75, 3.05) is 48.8 Å². The summed E-state index contributed by atoms with van der Waals surface area (Å²) < 4.78 is 14.5. The molecule has 34 heavy (non-hydrogen) atoms. The quantitative estimate of drug-likeness (QED) is 0.531. The van der Waals surface area contributed by atoms with E-state index < -0.39 is 24.3 Å². The Morgan fingerprint density at radius 3 is 2.53 bits per heavy atom. The van der Waals surface area contributed by atoms with Crippen LogP contribution >= 0.6 is 0 Å². The Morgan fingerprint density at radius 1 is 1.12 bits per heavy atom. The summed E-state index contributed by atoms with van der Waals surface area (Å²) in [5, 5.41) is 16.9. The first kappa shape index (κ1) is 25.1. The number of hydrogen-bond acceptors (Lipinski definition) is 7. The van der Waals surface area contributed by atoms with Crippen molar-refractivity contribution in [1.29, 1.82) is 0 Å². The third kappa shape index (κ3) is 7.51. The van der Waals surface area contributed by atoms with Gasteiger partial charge >= 0.3 is 12.1 Å². The number of nitrogens with one attached hydrogen (secondary N) is 3. The highest BCUT2D eigenvalue weighted by atomic mass is 19.1. The number of rotatable bonds is 4. The molecule has 0 radical (unpaired) electrons. The van der Waals surface area contributed by atoms with E-state index in [9.17, 15) is 14.0 Å². The van der Waals surface area contributed by atoms with Crippen molar-refractivity contribution < 1.29 is 19.1 Å². The Balaban J connectivity index is 0.000000469. The van der Waals surface area contributed by atoms with Crippen molar-refractivity contribution in [1.82, 2.24) is 25.2 Å². The molecule has 2 unspecified atom stereocenters. The highest BCUT2D eigenvalue weighted by Gasteiger charge is 2.35. The van der Waals surface area contributed by atoms with Gasteiger partial charge in [-0.15, -0.1) is 0 Å². The molecule has 2 aliphatic heterocycles. The number of aromatic nitrogens is 3. The highest BCUT2D eigenvalue weighted by molar-refractivity contribution is 5.88. The van der Waals surface area contributed by atoms with E-state index in [1.165, 1.54) is 56.6 Å². The molecule has 0 aromatic carbocycles. The number of piperidine rings is 2. The monoisotopic (exact) mass is 474 g/mol. The van der Waals surface area contributed by atoms with Gasteiger partial charge in [0.2, 0.25) is 5.95 Å². The fourth-order valence-electron chi connectivity index (χ4n) is 3.72. The van der Waals surface area contributed by atoms with Gasteiger partial charge in [0.15, 0.2) is 0 Å². The molecule has 2 fully saturated rings. The van der Waals surface area contributed by atoms with Gasteiger partial charge in [-0.25, -0.2) is 23.9 Å². The maximum atomic E-state index is 14.5. The third-order valence-electron chi connectivity index (χ3n) is 5.59. The molecule has 4 heterocycles. The smallest absolute Gasteiger partial charge is 0.410 e. The van der Waals surface area contributed by atoms with Crippen LogP contribution in [0.5, 0.6) is 0 Å². The van der Waals surface area contributed by atoms with Crippen molar-refractivity contribution in [3.05, 3.63) is 36.7 Å². The molecule has 0 spiro atoms. The van der Waals surface area contributed by atoms with Gasteiger partial charge < -0.3 is 20.2 Å². The molecule has 184 valence electrons. The molecule has 0 bridgehead atoms.